The molecule has 43 heavy (non-hydrogen) atoms. The summed E-state index contributed by atoms with van der Waals surface area (Å²) in [5.74, 6) is -0.460. The molecule has 6 N–H and O–H groups in total. The molecule has 0 radical (unpaired) electrons. The van der Waals surface area contributed by atoms with Gasteiger partial charge < -0.3 is 36.3 Å². The molecule has 0 aliphatic carbocycles. The zero-order valence-electron chi connectivity index (χ0n) is 25.7. The second kappa shape index (κ2) is 12.7. The van der Waals surface area contributed by atoms with Crippen molar-refractivity contribution in [2.75, 3.05) is 43.8 Å². The second-order valence-electron chi connectivity index (χ2n) is 12.7. The molecule has 4 heterocycles. The van der Waals surface area contributed by atoms with Crippen molar-refractivity contribution < 1.29 is 19.0 Å². The monoisotopic (exact) mass is 595 g/mol. The van der Waals surface area contributed by atoms with Crippen LogP contribution >= 0.6 is 0 Å². The van der Waals surface area contributed by atoms with Crippen LogP contribution in [0.3, 0.4) is 0 Å². The van der Waals surface area contributed by atoms with Gasteiger partial charge in [-0.05, 0) is 62.9 Å². The highest BCUT2D eigenvalue weighted by Gasteiger charge is 2.56. The summed E-state index contributed by atoms with van der Waals surface area (Å²) in [4.78, 5) is 27.8. The Balaban J connectivity index is 1.23. The van der Waals surface area contributed by atoms with Gasteiger partial charge in [0.25, 0.3) is 0 Å². The van der Waals surface area contributed by atoms with E-state index in [-0.39, 0.29) is 29.8 Å². The van der Waals surface area contributed by atoms with Crippen molar-refractivity contribution in [3.63, 3.8) is 0 Å². The number of aromatic nitrogens is 4. The standard InChI is InChI=1S/C30H45N9O4/c1-29(2,3)19-8-10-20(11-9-19)37-28(40)33-13-15-38(14-7-6-12-31)16-21-23-24(43-30(4,5)42-23)27(41-21)39-18-36-22-25(32)34-17-35-26(22)39/h8-11,17-18,21,23-24,27H,6-7,12-16,31H2,1-5H3,(H2,32,34,35)(H2,33,37,40)/t21-,23-,24-,27-/m1/s1. The van der Waals surface area contributed by atoms with Crippen LogP contribution in [0, 0.1) is 0 Å². The number of urea groups is 1. The van der Waals surface area contributed by atoms with Gasteiger partial charge in [-0.15, -0.1) is 0 Å². The number of fused-ring (bicyclic) bond motifs is 2. The number of nitrogens with zero attached hydrogens (tertiary/aromatic N) is 5. The van der Waals surface area contributed by atoms with Crippen molar-refractivity contribution in [3.05, 3.63) is 42.5 Å². The van der Waals surface area contributed by atoms with E-state index in [1.807, 2.05) is 42.7 Å². The van der Waals surface area contributed by atoms with Gasteiger partial charge in [0, 0.05) is 25.3 Å². The summed E-state index contributed by atoms with van der Waals surface area (Å²) in [6.45, 7) is 13.4. The highest BCUT2D eigenvalue weighted by Crippen LogP contribution is 2.44. The molecule has 3 aromatic rings. The minimum absolute atomic E-state index is 0.0531. The summed E-state index contributed by atoms with van der Waals surface area (Å²) in [5, 5.41) is 5.91. The van der Waals surface area contributed by atoms with Gasteiger partial charge in [-0.2, -0.15) is 0 Å². The summed E-state index contributed by atoms with van der Waals surface area (Å²) in [7, 11) is 0. The number of rotatable bonds is 11. The number of nitrogens with one attached hydrogen (secondary N) is 2. The maximum Gasteiger partial charge on any atom is 0.319 e. The molecule has 234 valence electrons. The summed E-state index contributed by atoms with van der Waals surface area (Å²) in [5.41, 5.74) is 14.9. The third kappa shape index (κ3) is 7.24. The number of nitrogen functional groups attached to an aromatic ring is 1. The Morgan fingerprint density at radius 3 is 2.53 bits per heavy atom. The second-order valence-corrected chi connectivity index (χ2v) is 12.7. The van der Waals surface area contributed by atoms with Gasteiger partial charge >= 0.3 is 6.03 Å². The van der Waals surface area contributed by atoms with Gasteiger partial charge in [-0.25, -0.2) is 19.7 Å². The first-order chi connectivity index (χ1) is 20.4. The Bertz CT molecular complexity index is 1390. The number of benzene rings is 1. The summed E-state index contributed by atoms with van der Waals surface area (Å²) in [6, 6.07) is 7.70. The quantitative estimate of drug-likeness (QED) is 0.242. The smallest absolute Gasteiger partial charge is 0.319 e. The number of anilines is 2. The number of ether oxygens (including phenoxy) is 3. The SMILES string of the molecule is CC1(C)O[C@@H]2[C@H](O1)[C@@H](CN(CCCCN)CCNC(=O)Nc1ccc(C(C)(C)C)cc1)O[C@H]2n1cnc2c(N)ncnc21. The molecule has 2 aromatic heterocycles. The average molecular weight is 596 g/mol. The Labute approximate surface area is 252 Å². The van der Waals surface area contributed by atoms with Crippen molar-refractivity contribution in [2.45, 2.75) is 83.2 Å². The topological polar surface area (TPSA) is 168 Å². The molecule has 2 saturated heterocycles. The van der Waals surface area contributed by atoms with Crippen molar-refractivity contribution in [3.8, 4) is 0 Å². The van der Waals surface area contributed by atoms with Crippen LogP contribution in [-0.4, -0.2) is 87.3 Å². The molecule has 0 saturated carbocycles. The van der Waals surface area contributed by atoms with Crippen LogP contribution in [0.15, 0.2) is 36.9 Å². The van der Waals surface area contributed by atoms with E-state index in [0.29, 0.717) is 43.2 Å². The zero-order chi connectivity index (χ0) is 30.8. The van der Waals surface area contributed by atoms with Crippen molar-refractivity contribution in [1.29, 1.82) is 0 Å². The largest absolute Gasteiger partial charge is 0.382 e. The van der Waals surface area contributed by atoms with E-state index in [4.69, 9.17) is 25.7 Å². The minimum Gasteiger partial charge on any atom is -0.382 e. The molecule has 0 spiro atoms. The fraction of sp³-hybridized carbons (Fsp3) is 0.600. The van der Waals surface area contributed by atoms with Gasteiger partial charge in [-0.1, -0.05) is 32.9 Å². The number of imidazole rings is 1. The predicted octanol–water partition coefficient (Wildman–Crippen LogP) is 2.99. The molecular formula is C30H45N9O4. The van der Waals surface area contributed by atoms with Gasteiger partial charge in [0.15, 0.2) is 23.5 Å². The maximum atomic E-state index is 12.7. The zero-order valence-corrected chi connectivity index (χ0v) is 25.7. The molecular weight excluding hydrogens is 550 g/mol. The lowest BCUT2D eigenvalue weighted by molar-refractivity contribution is -0.198. The highest BCUT2D eigenvalue weighted by molar-refractivity contribution is 5.89. The predicted molar refractivity (Wildman–Crippen MR) is 164 cm³/mol. The fourth-order valence-electron chi connectivity index (χ4n) is 5.67. The van der Waals surface area contributed by atoms with E-state index in [0.717, 1.165) is 25.1 Å². The fourth-order valence-corrected chi connectivity index (χ4v) is 5.67. The van der Waals surface area contributed by atoms with Crippen LogP contribution < -0.4 is 22.1 Å². The van der Waals surface area contributed by atoms with Crippen LogP contribution in [-0.2, 0) is 19.6 Å². The normalized spacial score (nSPS) is 23.1. The third-order valence-corrected chi connectivity index (χ3v) is 7.88. The lowest BCUT2D eigenvalue weighted by atomic mass is 9.87. The van der Waals surface area contributed by atoms with Gasteiger partial charge in [0.1, 0.15) is 30.2 Å². The lowest BCUT2D eigenvalue weighted by Crippen LogP contribution is -2.44. The number of carbonyl (C=O) groups is 1. The van der Waals surface area contributed by atoms with E-state index in [9.17, 15) is 4.79 Å². The van der Waals surface area contributed by atoms with Crippen molar-refractivity contribution >= 4 is 28.7 Å². The minimum atomic E-state index is -0.769. The molecule has 0 bridgehead atoms. The summed E-state index contributed by atoms with van der Waals surface area (Å²) >= 11 is 0. The Morgan fingerprint density at radius 1 is 1.07 bits per heavy atom. The molecule has 1 aromatic carbocycles. The first kappa shape index (κ1) is 31.1. The lowest BCUT2D eigenvalue weighted by Gasteiger charge is -2.29. The van der Waals surface area contributed by atoms with Gasteiger partial charge in [0.05, 0.1) is 6.33 Å². The number of nitrogens with two attached hydrogens (primary N) is 2. The molecule has 2 amide bonds. The Morgan fingerprint density at radius 2 is 1.81 bits per heavy atom. The highest BCUT2D eigenvalue weighted by atomic mass is 16.8. The number of hydrogen-bond donors (Lipinski definition) is 4. The molecule has 5 rings (SSSR count). The van der Waals surface area contributed by atoms with Gasteiger partial charge in [0.2, 0.25) is 0 Å². The Kier molecular flexibility index (Phi) is 9.18. The molecule has 4 atom stereocenters. The maximum absolute atomic E-state index is 12.7. The number of amides is 2. The molecule has 2 aliphatic heterocycles. The molecule has 13 heteroatoms. The van der Waals surface area contributed by atoms with Crippen molar-refractivity contribution in [1.82, 2.24) is 29.7 Å². The van der Waals surface area contributed by atoms with E-state index in [1.165, 1.54) is 11.9 Å². The van der Waals surface area contributed by atoms with Crippen LogP contribution in [0.4, 0.5) is 16.3 Å². The molecule has 13 nitrogen and oxygen atoms in total. The van der Waals surface area contributed by atoms with Crippen LogP contribution in [0.2, 0.25) is 0 Å². The Hall–Kier alpha value is -3.36. The first-order valence-electron chi connectivity index (χ1n) is 15.0. The summed E-state index contributed by atoms with van der Waals surface area (Å²) < 4.78 is 21.1. The van der Waals surface area contributed by atoms with E-state index < -0.39 is 12.0 Å². The first-order valence-corrected chi connectivity index (χ1v) is 15.0. The van der Waals surface area contributed by atoms with Crippen LogP contribution in [0.1, 0.15) is 59.3 Å². The molecule has 2 aliphatic rings. The molecule has 2 fully saturated rings. The number of carbonyl (C=O) groups excluding carboxylic acids is 1. The average Bonchev–Trinajstić information content (AvgIpc) is 3.60. The molecule has 0 unspecified atom stereocenters. The van der Waals surface area contributed by atoms with Gasteiger partial charge in [-0.3, -0.25) is 9.47 Å². The number of unbranched alkanes of at least 4 members (excludes halogenated alkanes) is 1. The number of hydrogen-bond acceptors (Lipinski definition) is 10. The van der Waals surface area contributed by atoms with E-state index in [1.54, 1.807) is 6.33 Å². The summed E-state index contributed by atoms with van der Waals surface area (Å²) in [6.07, 6.45) is 3.44. The van der Waals surface area contributed by atoms with Crippen molar-refractivity contribution in [2.24, 2.45) is 5.73 Å². The third-order valence-electron chi connectivity index (χ3n) is 7.88. The van der Waals surface area contributed by atoms with E-state index in [2.05, 4.69) is 51.3 Å². The van der Waals surface area contributed by atoms with Crippen LogP contribution in [0.5, 0.6) is 0 Å². The van der Waals surface area contributed by atoms with E-state index >= 15 is 0 Å². The van der Waals surface area contributed by atoms with Crippen LogP contribution in [0.25, 0.3) is 11.2 Å².